The summed E-state index contributed by atoms with van der Waals surface area (Å²) in [6.45, 7) is 1.58. The van der Waals surface area contributed by atoms with Crippen LogP contribution in [0.2, 0.25) is 10.0 Å². The van der Waals surface area contributed by atoms with Crippen LogP contribution in [0, 0.1) is 0 Å². The van der Waals surface area contributed by atoms with E-state index in [0.717, 1.165) is 34.5 Å². The van der Waals surface area contributed by atoms with E-state index >= 15 is 0 Å². The molecule has 0 amide bonds. The fraction of sp³-hybridized carbons (Fsp3) is 0.233. The summed E-state index contributed by atoms with van der Waals surface area (Å²) in [5, 5.41) is 15.5. The van der Waals surface area contributed by atoms with E-state index in [4.69, 9.17) is 23.2 Å². The van der Waals surface area contributed by atoms with E-state index in [2.05, 4.69) is 15.2 Å². The zero-order chi connectivity index (χ0) is 27.6. The number of aliphatic hydroxyl groups excluding tert-OH is 1. The first kappa shape index (κ1) is 27.5. The van der Waals surface area contributed by atoms with Gasteiger partial charge in [-0.3, -0.25) is 4.98 Å². The monoisotopic (exact) mass is 571 g/mol. The molecule has 3 aromatic carbocycles. The van der Waals surface area contributed by atoms with Crippen LogP contribution in [0.4, 0.5) is 18.9 Å². The van der Waals surface area contributed by atoms with E-state index in [-0.39, 0.29) is 6.04 Å². The number of benzene rings is 3. The molecule has 4 aromatic rings. The predicted octanol–water partition coefficient (Wildman–Crippen LogP) is 7.47. The first-order valence-corrected chi connectivity index (χ1v) is 13.3. The molecule has 0 bridgehead atoms. The number of halogens is 5. The smallest absolute Gasteiger partial charge is 0.390 e. The number of rotatable bonds is 6. The van der Waals surface area contributed by atoms with Gasteiger partial charge in [-0.25, -0.2) is 0 Å². The molecule has 1 aliphatic heterocycles. The zero-order valence-corrected chi connectivity index (χ0v) is 22.3. The van der Waals surface area contributed by atoms with Crippen molar-refractivity contribution in [3.63, 3.8) is 0 Å². The molecule has 0 unspecified atom stereocenters. The molecular weight excluding hydrogens is 546 g/mol. The van der Waals surface area contributed by atoms with Gasteiger partial charge in [-0.15, -0.1) is 0 Å². The molecule has 0 spiro atoms. The summed E-state index contributed by atoms with van der Waals surface area (Å²) in [6.07, 6.45) is -1.11. The number of hydrogen-bond acceptors (Lipinski definition) is 4. The highest BCUT2D eigenvalue weighted by molar-refractivity contribution is 6.35. The van der Waals surface area contributed by atoms with Crippen LogP contribution in [0.5, 0.6) is 0 Å². The van der Waals surface area contributed by atoms with Crippen molar-refractivity contribution in [1.82, 2.24) is 10.3 Å². The first-order chi connectivity index (χ1) is 18.7. The van der Waals surface area contributed by atoms with Gasteiger partial charge in [-0.05, 0) is 53.4 Å². The molecule has 5 rings (SSSR count). The van der Waals surface area contributed by atoms with Crippen molar-refractivity contribution in [2.24, 2.45) is 0 Å². The van der Waals surface area contributed by atoms with Gasteiger partial charge in [0.15, 0.2) is 0 Å². The molecule has 2 atom stereocenters. The molecule has 2 heterocycles. The van der Waals surface area contributed by atoms with E-state index in [0.29, 0.717) is 47.2 Å². The van der Waals surface area contributed by atoms with Gasteiger partial charge in [0, 0.05) is 59.2 Å². The minimum atomic E-state index is -4.43. The molecule has 1 aliphatic rings. The maximum Gasteiger partial charge on any atom is 0.416 e. The summed E-state index contributed by atoms with van der Waals surface area (Å²) in [6, 6.07) is 20.1. The lowest BCUT2D eigenvalue weighted by molar-refractivity contribution is -0.137. The Labute approximate surface area is 235 Å². The Bertz CT molecular complexity index is 1410. The zero-order valence-electron chi connectivity index (χ0n) is 20.8. The summed E-state index contributed by atoms with van der Waals surface area (Å²) in [7, 11) is 0. The lowest BCUT2D eigenvalue weighted by Gasteiger charge is -2.39. The maximum atomic E-state index is 13.2. The number of piperidine rings is 1. The van der Waals surface area contributed by atoms with Crippen molar-refractivity contribution in [2.45, 2.75) is 31.3 Å². The molecule has 4 nitrogen and oxygen atoms in total. The Morgan fingerprint density at radius 2 is 1.54 bits per heavy atom. The molecular formula is C30H26Cl2F3N3O. The van der Waals surface area contributed by atoms with Gasteiger partial charge >= 0.3 is 6.18 Å². The third-order valence-electron chi connectivity index (χ3n) is 6.92. The lowest BCUT2D eigenvalue weighted by atomic mass is 9.94. The van der Waals surface area contributed by atoms with Crippen molar-refractivity contribution in [1.29, 1.82) is 0 Å². The van der Waals surface area contributed by atoms with Crippen LogP contribution in [0.25, 0.3) is 22.3 Å². The van der Waals surface area contributed by atoms with Crippen molar-refractivity contribution < 1.29 is 18.3 Å². The van der Waals surface area contributed by atoms with E-state index in [1.807, 2.05) is 30.3 Å². The van der Waals surface area contributed by atoms with Crippen LogP contribution in [0.15, 0.2) is 85.2 Å². The highest BCUT2D eigenvalue weighted by Crippen LogP contribution is 2.42. The number of aliphatic hydroxyl groups is 1. The minimum absolute atomic E-state index is 0.109. The number of nitrogens with zero attached hydrogens (tertiary/aromatic N) is 2. The van der Waals surface area contributed by atoms with E-state index in [1.54, 1.807) is 30.6 Å². The molecule has 202 valence electrons. The van der Waals surface area contributed by atoms with Crippen molar-refractivity contribution >= 4 is 28.9 Å². The van der Waals surface area contributed by atoms with Crippen LogP contribution < -0.4 is 10.2 Å². The quantitative estimate of drug-likeness (QED) is 0.252. The Morgan fingerprint density at radius 3 is 2.15 bits per heavy atom. The first-order valence-electron chi connectivity index (χ1n) is 12.5. The Morgan fingerprint density at radius 1 is 0.897 bits per heavy atom. The molecule has 9 heteroatoms. The molecule has 0 saturated carbocycles. The summed E-state index contributed by atoms with van der Waals surface area (Å²) in [5.74, 6) is 0. The van der Waals surface area contributed by atoms with Crippen LogP contribution in [0.3, 0.4) is 0 Å². The van der Waals surface area contributed by atoms with E-state index < -0.39 is 17.8 Å². The summed E-state index contributed by atoms with van der Waals surface area (Å²) >= 11 is 12.6. The van der Waals surface area contributed by atoms with Gasteiger partial charge in [-0.2, -0.15) is 13.2 Å². The van der Waals surface area contributed by atoms with Gasteiger partial charge in [0.2, 0.25) is 0 Å². The van der Waals surface area contributed by atoms with Gasteiger partial charge in [0.25, 0.3) is 0 Å². The average molecular weight is 572 g/mol. The predicted molar refractivity (Wildman–Crippen MR) is 150 cm³/mol. The second-order valence-corrected chi connectivity index (χ2v) is 10.5. The fourth-order valence-corrected chi connectivity index (χ4v) is 5.51. The molecule has 1 fully saturated rings. The van der Waals surface area contributed by atoms with Gasteiger partial charge in [0.1, 0.15) is 0 Å². The van der Waals surface area contributed by atoms with Crippen LogP contribution in [-0.4, -0.2) is 35.3 Å². The number of anilines is 1. The normalized spacial score (nSPS) is 17.8. The molecule has 1 saturated heterocycles. The summed E-state index contributed by atoms with van der Waals surface area (Å²) in [5.41, 5.74) is 3.84. The number of hydrogen-bond donors (Lipinski definition) is 2. The summed E-state index contributed by atoms with van der Waals surface area (Å²) < 4.78 is 39.7. The molecule has 0 radical (unpaired) electrons. The van der Waals surface area contributed by atoms with Gasteiger partial charge in [0.05, 0.1) is 17.4 Å². The minimum Gasteiger partial charge on any atom is -0.390 e. The van der Waals surface area contributed by atoms with Crippen LogP contribution in [0.1, 0.15) is 17.5 Å². The molecule has 0 aliphatic carbocycles. The van der Waals surface area contributed by atoms with E-state index in [1.165, 1.54) is 12.1 Å². The number of pyridine rings is 1. The molecule has 2 N–H and O–H groups in total. The third-order valence-corrected chi connectivity index (χ3v) is 7.36. The fourth-order valence-electron chi connectivity index (χ4n) is 4.98. The van der Waals surface area contributed by atoms with Crippen molar-refractivity contribution in [3.8, 4) is 22.3 Å². The van der Waals surface area contributed by atoms with Crippen molar-refractivity contribution in [2.75, 3.05) is 18.0 Å². The highest BCUT2D eigenvalue weighted by Gasteiger charge is 2.32. The molecule has 39 heavy (non-hydrogen) atoms. The third kappa shape index (κ3) is 6.39. The largest absolute Gasteiger partial charge is 0.416 e. The number of β-amino-alcohol motifs (C(OH)–C–C–N with tert-alkyl or cyclic N) is 1. The SMILES string of the molecule is O[C@H]1CN(c2c(-c3ccc(C(F)(F)F)cc3)cncc2-c2cc(Cl)cc(Cl)c2)CC[C@H]1NCc1ccccc1. The Kier molecular flexibility index (Phi) is 8.14. The maximum absolute atomic E-state index is 13.2. The van der Waals surface area contributed by atoms with Crippen molar-refractivity contribution in [3.05, 3.63) is 106 Å². The van der Waals surface area contributed by atoms with Gasteiger partial charge in [-0.1, -0.05) is 65.7 Å². The Hall–Kier alpha value is -3.10. The lowest BCUT2D eigenvalue weighted by Crippen LogP contribution is -2.52. The number of alkyl halides is 3. The average Bonchev–Trinajstić information content (AvgIpc) is 2.91. The standard InChI is InChI=1S/C30H26Cl2F3N3O/c31-23-12-21(13-24(32)14-23)26-17-36-16-25(20-6-8-22(9-7-20)30(33,34)35)29(26)38-11-10-27(28(39)18-38)37-15-19-4-2-1-3-5-19/h1-9,12-14,16-17,27-28,37,39H,10-11,15,18H2/t27-,28+/m1/s1. The van der Waals surface area contributed by atoms with Crippen LogP contribution >= 0.6 is 23.2 Å². The number of aromatic nitrogens is 1. The van der Waals surface area contributed by atoms with Gasteiger partial charge < -0.3 is 15.3 Å². The Balaban J connectivity index is 1.50. The second-order valence-electron chi connectivity index (χ2n) is 9.59. The number of nitrogens with one attached hydrogen (secondary N) is 1. The van der Waals surface area contributed by atoms with Crippen LogP contribution in [-0.2, 0) is 12.7 Å². The van der Waals surface area contributed by atoms with E-state index in [9.17, 15) is 18.3 Å². The second kappa shape index (κ2) is 11.6. The summed E-state index contributed by atoms with van der Waals surface area (Å²) in [4.78, 5) is 6.47. The highest BCUT2D eigenvalue weighted by atomic mass is 35.5. The topological polar surface area (TPSA) is 48.4 Å². The molecule has 1 aromatic heterocycles.